The zero-order valence-electron chi connectivity index (χ0n) is 14.1. The summed E-state index contributed by atoms with van der Waals surface area (Å²) in [5.41, 5.74) is 3.07. The second kappa shape index (κ2) is 9.61. The number of para-hydroxylation sites is 1. The van der Waals surface area contributed by atoms with Crippen molar-refractivity contribution in [3.05, 3.63) is 59.7 Å². The van der Waals surface area contributed by atoms with Gasteiger partial charge in [-0.05, 0) is 42.2 Å². The van der Waals surface area contributed by atoms with E-state index in [0.717, 1.165) is 17.7 Å². The van der Waals surface area contributed by atoms with Gasteiger partial charge in [0, 0.05) is 12.2 Å². The topological polar surface area (TPSA) is 50.4 Å². The third-order valence-corrected chi connectivity index (χ3v) is 3.72. The lowest BCUT2D eigenvalue weighted by molar-refractivity contribution is -0.119. The van der Waals surface area contributed by atoms with Crippen molar-refractivity contribution in [3.63, 3.8) is 0 Å². The van der Waals surface area contributed by atoms with Gasteiger partial charge in [-0.25, -0.2) is 0 Å². The van der Waals surface area contributed by atoms with Crippen LogP contribution in [0.5, 0.6) is 5.75 Å². The van der Waals surface area contributed by atoms with Gasteiger partial charge in [0.05, 0.1) is 6.54 Å². The average Bonchev–Trinajstić information content (AvgIpc) is 2.61. The number of aryl methyl sites for hydroxylation is 1. The Hall–Kier alpha value is -2.63. The summed E-state index contributed by atoms with van der Waals surface area (Å²) in [4.78, 5) is 11.9. The van der Waals surface area contributed by atoms with Gasteiger partial charge in [0.2, 0.25) is 5.91 Å². The number of ether oxygens (including phenoxy) is 1. The summed E-state index contributed by atoms with van der Waals surface area (Å²) in [6.45, 7) is -0.0723. The maximum atomic E-state index is 12.1. The normalized spacial score (nSPS) is 10.6. The largest absolute Gasteiger partial charge is 0.435 e. The van der Waals surface area contributed by atoms with Crippen molar-refractivity contribution < 1.29 is 18.3 Å². The van der Waals surface area contributed by atoms with E-state index in [0.29, 0.717) is 13.0 Å². The van der Waals surface area contributed by atoms with Gasteiger partial charge in [0.25, 0.3) is 0 Å². The van der Waals surface area contributed by atoms with Crippen LogP contribution in [0.2, 0.25) is 0 Å². The Morgan fingerprint density at radius 1 is 1.12 bits per heavy atom. The van der Waals surface area contributed by atoms with Gasteiger partial charge >= 0.3 is 6.61 Å². The molecular weight excluding hydrogens is 326 g/mol. The molecule has 0 spiro atoms. The van der Waals surface area contributed by atoms with Crippen LogP contribution in [-0.2, 0) is 17.6 Å². The predicted molar refractivity (Wildman–Crippen MR) is 94.1 cm³/mol. The molecular formula is C19H22F2N2O2. The highest BCUT2D eigenvalue weighted by molar-refractivity contribution is 5.80. The first kappa shape index (κ1) is 18.7. The van der Waals surface area contributed by atoms with Gasteiger partial charge in [-0.15, -0.1) is 0 Å². The number of amides is 1. The molecule has 6 heteroatoms. The first-order valence-electron chi connectivity index (χ1n) is 8.20. The third-order valence-electron chi connectivity index (χ3n) is 3.72. The molecule has 4 nitrogen and oxygen atoms in total. The molecule has 25 heavy (non-hydrogen) atoms. The van der Waals surface area contributed by atoms with Crippen LogP contribution in [0.25, 0.3) is 0 Å². The van der Waals surface area contributed by atoms with Crippen LogP contribution in [0.1, 0.15) is 18.1 Å². The van der Waals surface area contributed by atoms with Crippen LogP contribution in [0, 0.1) is 0 Å². The van der Waals surface area contributed by atoms with E-state index in [9.17, 15) is 13.6 Å². The summed E-state index contributed by atoms with van der Waals surface area (Å²) in [6, 6.07) is 14.3. The molecule has 0 heterocycles. The van der Waals surface area contributed by atoms with Crippen molar-refractivity contribution >= 4 is 11.6 Å². The first-order valence-corrected chi connectivity index (χ1v) is 8.20. The standard InChI is InChI=1S/C19H22F2N2O2/c1-2-15-5-3-4-6-17(15)23-13-18(24)22-12-11-14-7-9-16(10-8-14)25-19(20)21/h3-10,19,23H,2,11-13H2,1H3,(H,22,24). The molecule has 134 valence electrons. The predicted octanol–water partition coefficient (Wildman–Crippen LogP) is 3.62. The molecule has 0 saturated carbocycles. The van der Waals surface area contributed by atoms with Crippen LogP contribution in [0.3, 0.4) is 0 Å². The number of alkyl halides is 2. The average molecular weight is 348 g/mol. The number of carbonyl (C=O) groups is 1. The molecule has 2 aromatic carbocycles. The molecule has 1 amide bonds. The first-order chi connectivity index (χ1) is 12.1. The smallest absolute Gasteiger partial charge is 0.387 e. The minimum absolute atomic E-state index is 0.0939. The second-order valence-electron chi connectivity index (χ2n) is 5.49. The number of benzene rings is 2. The van der Waals surface area contributed by atoms with Crippen LogP contribution >= 0.6 is 0 Å². The highest BCUT2D eigenvalue weighted by Crippen LogP contribution is 2.15. The van der Waals surface area contributed by atoms with Crippen LogP contribution in [0.4, 0.5) is 14.5 Å². The quantitative estimate of drug-likeness (QED) is 0.728. The fraction of sp³-hybridized carbons (Fsp3) is 0.316. The lowest BCUT2D eigenvalue weighted by Crippen LogP contribution is -2.31. The SMILES string of the molecule is CCc1ccccc1NCC(=O)NCCc1ccc(OC(F)F)cc1. The molecule has 2 aromatic rings. The van der Waals surface area contributed by atoms with E-state index in [1.807, 2.05) is 24.3 Å². The lowest BCUT2D eigenvalue weighted by atomic mass is 10.1. The molecule has 2 N–H and O–H groups in total. The molecule has 0 aliphatic rings. The lowest BCUT2D eigenvalue weighted by Gasteiger charge is -2.11. The maximum absolute atomic E-state index is 12.1. The van der Waals surface area contributed by atoms with Crippen molar-refractivity contribution in [3.8, 4) is 5.75 Å². The van der Waals surface area contributed by atoms with Gasteiger partial charge in [-0.1, -0.05) is 37.3 Å². The van der Waals surface area contributed by atoms with Gasteiger partial charge in [-0.3, -0.25) is 4.79 Å². The van der Waals surface area contributed by atoms with Crippen LogP contribution < -0.4 is 15.4 Å². The zero-order valence-corrected chi connectivity index (χ0v) is 14.1. The number of hydrogen-bond acceptors (Lipinski definition) is 3. The summed E-state index contributed by atoms with van der Waals surface area (Å²) in [7, 11) is 0. The van der Waals surface area contributed by atoms with Crippen molar-refractivity contribution in [1.82, 2.24) is 5.32 Å². The maximum Gasteiger partial charge on any atom is 0.387 e. The van der Waals surface area contributed by atoms with Crippen LogP contribution in [-0.4, -0.2) is 25.6 Å². The van der Waals surface area contributed by atoms with Gasteiger partial charge < -0.3 is 15.4 Å². The molecule has 0 atom stereocenters. The summed E-state index contributed by atoms with van der Waals surface area (Å²) in [5.74, 6) is 0.0325. The summed E-state index contributed by atoms with van der Waals surface area (Å²) in [6.07, 6.45) is 1.52. The summed E-state index contributed by atoms with van der Waals surface area (Å²) in [5, 5.41) is 5.97. The highest BCUT2D eigenvalue weighted by atomic mass is 19.3. The Morgan fingerprint density at radius 3 is 2.52 bits per heavy atom. The number of hydrogen-bond donors (Lipinski definition) is 2. The summed E-state index contributed by atoms with van der Waals surface area (Å²) < 4.78 is 28.5. The molecule has 0 aliphatic carbocycles. The monoisotopic (exact) mass is 348 g/mol. The van der Waals surface area contributed by atoms with E-state index in [4.69, 9.17) is 0 Å². The third kappa shape index (κ3) is 6.41. The molecule has 0 saturated heterocycles. The molecule has 0 fully saturated rings. The van der Waals surface area contributed by atoms with Crippen LogP contribution in [0.15, 0.2) is 48.5 Å². The second-order valence-corrected chi connectivity index (χ2v) is 5.49. The molecule has 0 aliphatic heterocycles. The molecule has 0 aromatic heterocycles. The van der Waals surface area contributed by atoms with Gasteiger partial charge in [-0.2, -0.15) is 8.78 Å². The molecule has 0 bridgehead atoms. The van der Waals surface area contributed by atoms with E-state index in [2.05, 4.69) is 22.3 Å². The Kier molecular flexibility index (Phi) is 7.19. The highest BCUT2D eigenvalue weighted by Gasteiger charge is 2.05. The molecule has 0 radical (unpaired) electrons. The zero-order chi connectivity index (χ0) is 18.1. The van der Waals surface area contributed by atoms with E-state index in [-0.39, 0.29) is 18.2 Å². The van der Waals surface area contributed by atoms with E-state index >= 15 is 0 Å². The fourth-order valence-electron chi connectivity index (χ4n) is 2.42. The fourth-order valence-corrected chi connectivity index (χ4v) is 2.42. The van der Waals surface area contributed by atoms with E-state index in [1.165, 1.54) is 17.7 Å². The number of halogens is 2. The van der Waals surface area contributed by atoms with Crippen molar-refractivity contribution in [1.29, 1.82) is 0 Å². The number of nitrogens with one attached hydrogen (secondary N) is 2. The number of rotatable bonds is 9. The van der Waals surface area contributed by atoms with E-state index < -0.39 is 6.61 Å². The van der Waals surface area contributed by atoms with Gasteiger partial charge in [0.15, 0.2) is 0 Å². The van der Waals surface area contributed by atoms with Crippen molar-refractivity contribution in [2.24, 2.45) is 0 Å². The Bertz CT molecular complexity index is 675. The van der Waals surface area contributed by atoms with Crippen molar-refractivity contribution in [2.75, 3.05) is 18.4 Å². The Balaban J connectivity index is 1.71. The van der Waals surface area contributed by atoms with Gasteiger partial charge in [0.1, 0.15) is 5.75 Å². The summed E-state index contributed by atoms with van der Waals surface area (Å²) >= 11 is 0. The molecule has 2 rings (SSSR count). The minimum atomic E-state index is -2.82. The minimum Gasteiger partial charge on any atom is -0.435 e. The molecule has 0 unspecified atom stereocenters. The number of anilines is 1. The Labute approximate surface area is 146 Å². The Morgan fingerprint density at radius 2 is 1.84 bits per heavy atom. The van der Waals surface area contributed by atoms with E-state index in [1.54, 1.807) is 12.1 Å². The number of carbonyl (C=O) groups excluding carboxylic acids is 1. The van der Waals surface area contributed by atoms with Crippen molar-refractivity contribution in [2.45, 2.75) is 26.4 Å².